The largest absolute Gasteiger partial charge is 0.379 e. The van der Waals surface area contributed by atoms with Crippen LogP contribution in [-0.4, -0.2) is 38.8 Å². The topological polar surface area (TPSA) is 84.3 Å². The predicted octanol–water partition coefficient (Wildman–Crippen LogP) is 2.09. The van der Waals surface area contributed by atoms with Gasteiger partial charge in [-0.25, -0.2) is 0 Å². The molecule has 0 radical (unpaired) electrons. The van der Waals surface area contributed by atoms with Gasteiger partial charge >= 0.3 is 0 Å². The van der Waals surface area contributed by atoms with Crippen LogP contribution < -0.4 is 0 Å². The van der Waals surface area contributed by atoms with Crippen molar-refractivity contribution in [2.45, 2.75) is 26.2 Å². The van der Waals surface area contributed by atoms with Crippen molar-refractivity contribution in [2.24, 2.45) is 5.11 Å². The summed E-state index contributed by atoms with van der Waals surface area (Å²) in [6, 6.07) is 0. The van der Waals surface area contributed by atoms with Crippen molar-refractivity contribution in [3.05, 3.63) is 10.4 Å². The van der Waals surface area contributed by atoms with E-state index in [1.54, 1.807) is 0 Å². The Labute approximate surface area is 95.5 Å². The van der Waals surface area contributed by atoms with Gasteiger partial charge in [0.05, 0.1) is 19.8 Å². The third-order valence-corrected chi connectivity index (χ3v) is 1.91. The highest BCUT2D eigenvalue weighted by Gasteiger charge is 1.97. The second kappa shape index (κ2) is 12.0. The summed E-state index contributed by atoms with van der Waals surface area (Å²) in [6.07, 6.45) is 1.96. The maximum atomic E-state index is 10.9. The molecule has 0 rings (SSSR count). The van der Waals surface area contributed by atoms with Crippen molar-refractivity contribution in [3.8, 4) is 0 Å². The van der Waals surface area contributed by atoms with E-state index in [4.69, 9.17) is 15.0 Å². The highest BCUT2D eigenvalue weighted by molar-refractivity contribution is 5.77. The van der Waals surface area contributed by atoms with Crippen molar-refractivity contribution in [2.75, 3.05) is 33.0 Å². The lowest BCUT2D eigenvalue weighted by atomic mass is 10.2. The molecular weight excluding hydrogens is 210 g/mol. The zero-order chi connectivity index (χ0) is 12.1. The van der Waals surface area contributed by atoms with Gasteiger partial charge in [0.1, 0.15) is 5.78 Å². The fourth-order valence-electron chi connectivity index (χ4n) is 1.02. The molecule has 16 heavy (non-hydrogen) atoms. The van der Waals surface area contributed by atoms with Gasteiger partial charge in [-0.2, -0.15) is 0 Å². The van der Waals surface area contributed by atoms with E-state index < -0.39 is 0 Å². The lowest BCUT2D eigenvalue weighted by Gasteiger charge is -2.04. The first kappa shape index (κ1) is 14.9. The summed E-state index contributed by atoms with van der Waals surface area (Å²) in [5.41, 5.74) is 7.98. The number of carbonyl (C=O) groups excluding carboxylic acids is 1. The van der Waals surface area contributed by atoms with E-state index in [0.717, 1.165) is 6.42 Å². The molecule has 6 heteroatoms. The zero-order valence-corrected chi connectivity index (χ0v) is 9.72. The molecule has 0 aromatic heterocycles. The van der Waals surface area contributed by atoms with Crippen LogP contribution in [0.3, 0.4) is 0 Å². The minimum atomic E-state index is 0.272. The second-order valence-electron chi connectivity index (χ2n) is 3.17. The molecule has 0 N–H and O–H groups in total. The standard InChI is InChI=1S/C10H19N3O3/c1-2-10(14)4-3-6-15-8-9-16-7-5-12-13-11/h2-9H2,1H3. The van der Waals surface area contributed by atoms with Crippen molar-refractivity contribution in [3.63, 3.8) is 0 Å². The summed E-state index contributed by atoms with van der Waals surface area (Å²) >= 11 is 0. The normalized spacial score (nSPS) is 9.81. The van der Waals surface area contributed by atoms with E-state index in [1.807, 2.05) is 6.92 Å². The SMILES string of the molecule is CCC(=O)CCCOCCOCCN=[N+]=[N-]. The van der Waals surface area contributed by atoms with E-state index in [0.29, 0.717) is 45.8 Å². The second-order valence-corrected chi connectivity index (χ2v) is 3.17. The van der Waals surface area contributed by atoms with Gasteiger partial charge in [0.15, 0.2) is 0 Å². The van der Waals surface area contributed by atoms with Gasteiger partial charge in [-0.05, 0) is 12.0 Å². The first-order chi connectivity index (χ1) is 7.81. The first-order valence-electron chi connectivity index (χ1n) is 5.49. The molecule has 0 unspecified atom stereocenters. The van der Waals surface area contributed by atoms with E-state index in [-0.39, 0.29) is 5.78 Å². The van der Waals surface area contributed by atoms with Gasteiger partial charge in [0, 0.05) is 30.9 Å². The molecule has 0 saturated carbocycles. The molecule has 0 bridgehead atoms. The number of ether oxygens (including phenoxy) is 2. The van der Waals surface area contributed by atoms with Crippen molar-refractivity contribution < 1.29 is 14.3 Å². The molecule has 0 aromatic rings. The maximum absolute atomic E-state index is 10.9. The van der Waals surface area contributed by atoms with Crippen LogP contribution in [0.15, 0.2) is 5.11 Å². The Morgan fingerprint density at radius 1 is 1.25 bits per heavy atom. The number of Topliss-reactive ketones (excluding diaryl/α,β-unsaturated/α-hetero) is 1. The molecule has 0 aliphatic heterocycles. The summed E-state index contributed by atoms with van der Waals surface area (Å²) < 4.78 is 10.4. The number of hydrogen-bond acceptors (Lipinski definition) is 4. The van der Waals surface area contributed by atoms with Gasteiger partial charge in [0.25, 0.3) is 0 Å². The summed E-state index contributed by atoms with van der Waals surface area (Å²) in [5.74, 6) is 0.272. The fourth-order valence-corrected chi connectivity index (χ4v) is 1.02. The van der Waals surface area contributed by atoms with Gasteiger partial charge < -0.3 is 9.47 Å². The quantitative estimate of drug-likeness (QED) is 0.235. The zero-order valence-electron chi connectivity index (χ0n) is 9.72. The Kier molecular flexibility index (Phi) is 11.1. The molecule has 0 aliphatic carbocycles. The van der Waals surface area contributed by atoms with Crippen LogP contribution >= 0.6 is 0 Å². The van der Waals surface area contributed by atoms with Crippen molar-refractivity contribution in [1.29, 1.82) is 0 Å². The number of rotatable bonds is 11. The number of ketones is 1. The number of nitrogens with zero attached hydrogens (tertiary/aromatic N) is 3. The average molecular weight is 229 g/mol. The number of hydrogen-bond donors (Lipinski definition) is 0. The number of carbonyl (C=O) groups is 1. The molecule has 0 fully saturated rings. The van der Waals surface area contributed by atoms with Crippen LogP contribution in [0, 0.1) is 0 Å². The smallest absolute Gasteiger partial charge is 0.132 e. The fraction of sp³-hybridized carbons (Fsp3) is 0.900. The van der Waals surface area contributed by atoms with Gasteiger partial charge in [0.2, 0.25) is 0 Å². The molecule has 92 valence electrons. The van der Waals surface area contributed by atoms with Crippen molar-refractivity contribution >= 4 is 5.78 Å². The molecule has 0 amide bonds. The van der Waals surface area contributed by atoms with Crippen LogP contribution in [0.2, 0.25) is 0 Å². The third kappa shape index (κ3) is 11.0. The Morgan fingerprint density at radius 2 is 1.94 bits per heavy atom. The average Bonchev–Trinajstić information content (AvgIpc) is 2.31. The third-order valence-electron chi connectivity index (χ3n) is 1.91. The number of azide groups is 1. The van der Waals surface area contributed by atoms with E-state index in [2.05, 4.69) is 10.0 Å². The summed E-state index contributed by atoms with van der Waals surface area (Å²) in [4.78, 5) is 13.5. The van der Waals surface area contributed by atoms with Crippen LogP contribution in [-0.2, 0) is 14.3 Å². The molecular formula is C10H19N3O3. The highest BCUT2D eigenvalue weighted by Crippen LogP contribution is 1.95. The molecule has 0 aromatic carbocycles. The predicted molar refractivity (Wildman–Crippen MR) is 60.2 cm³/mol. The van der Waals surface area contributed by atoms with Crippen LogP contribution in [0.1, 0.15) is 26.2 Å². The summed E-state index contributed by atoms with van der Waals surface area (Å²) in [6.45, 7) is 4.22. The molecule has 0 aliphatic rings. The Bertz CT molecular complexity index is 227. The van der Waals surface area contributed by atoms with Crippen LogP contribution in [0.4, 0.5) is 0 Å². The summed E-state index contributed by atoms with van der Waals surface area (Å²) in [7, 11) is 0. The minimum Gasteiger partial charge on any atom is -0.379 e. The molecule has 0 heterocycles. The molecule has 6 nitrogen and oxygen atoms in total. The monoisotopic (exact) mass is 229 g/mol. The van der Waals surface area contributed by atoms with Gasteiger partial charge in [-0.3, -0.25) is 4.79 Å². The Balaban J connectivity index is 3.04. The Hall–Kier alpha value is -1.10. The maximum Gasteiger partial charge on any atom is 0.132 e. The van der Waals surface area contributed by atoms with Gasteiger partial charge in [-0.1, -0.05) is 12.0 Å². The van der Waals surface area contributed by atoms with Crippen LogP contribution in [0.5, 0.6) is 0 Å². The van der Waals surface area contributed by atoms with E-state index >= 15 is 0 Å². The molecule has 0 saturated heterocycles. The lowest BCUT2D eigenvalue weighted by Crippen LogP contribution is -2.08. The van der Waals surface area contributed by atoms with Gasteiger partial charge in [-0.15, -0.1) is 0 Å². The molecule has 0 spiro atoms. The first-order valence-corrected chi connectivity index (χ1v) is 5.49. The molecule has 0 atom stereocenters. The highest BCUT2D eigenvalue weighted by atomic mass is 16.5. The Morgan fingerprint density at radius 3 is 2.56 bits per heavy atom. The van der Waals surface area contributed by atoms with E-state index in [1.165, 1.54) is 0 Å². The van der Waals surface area contributed by atoms with Crippen molar-refractivity contribution in [1.82, 2.24) is 0 Å². The minimum absolute atomic E-state index is 0.272. The summed E-state index contributed by atoms with van der Waals surface area (Å²) in [5, 5.41) is 3.33. The lowest BCUT2D eigenvalue weighted by molar-refractivity contribution is -0.119. The van der Waals surface area contributed by atoms with E-state index in [9.17, 15) is 4.79 Å². The van der Waals surface area contributed by atoms with Crippen LogP contribution in [0.25, 0.3) is 10.4 Å².